The Morgan fingerprint density at radius 2 is 2.19 bits per heavy atom. The van der Waals surface area contributed by atoms with Gasteiger partial charge in [0.2, 0.25) is 0 Å². The predicted molar refractivity (Wildman–Crippen MR) is 83.4 cm³/mol. The van der Waals surface area contributed by atoms with Crippen LogP contribution in [-0.2, 0) is 4.79 Å². The first-order chi connectivity index (χ1) is 9.97. The number of carbonyl (C=O) groups is 2. The zero-order valence-electron chi connectivity index (χ0n) is 12.1. The van der Waals surface area contributed by atoms with E-state index < -0.39 is 5.97 Å². The van der Waals surface area contributed by atoms with E-state index in [9.17, 15) is 9.59 Å². The fourth-order valence-electron chi connectivity index (χ4n) is 2.32. The summed E-state index contributed by atoms with van der Waals surface area (Å²) in [6.45, 7) is 2.59. The van der Waals surface area contributed by atoms with Crippen molar-refractivity contribution in [3.05, 3.63) is 22.4 Å². The minimum Gasteiger partial charge on any atom is -0.481 e. The number of halogens is 1. The molecule has 1 fully saturated rings. The van der Waals surface area contributed by atoms with Gasteiger partial charge in [-0.15, -0.1) is 0 Å². The molecule has 21 heavy (non-hydrogen) atoms. The van der Waals surface area contributed by atoms with Crippen LogP contribution in [0.1, 0.15) is 55.6 Å². The molecule has 1 amide bonds. The summed E-state index contributed by atoms with van der Waals surface area (Å²) in [5.74, 6) is -0.528. The topological polar surface area (TPSA) is 71.3 Å². The van der Waals surface area contributed by atoms with Gasteiger partial charge in [0.1, 0.15) is 5.69 Å². The van der Waals surface area contributed by atoms with E-state index in [1.165, 1.54) is 0 Å². The average molecular weight is 357 g/mol. The molecule has 2 N–H and O–H groups in total. The van der Waals surface area contributed by atoms with Gasteiger partial charge in [-0.05, 0) is 53.6 Å². The van der Waals surface area contributed by atoms with E-state index in [-0.39, 0.29) is 12.3 Å². The van der Waals surface area contributed by atoms with E-state index in [0.717, 1.165) is 23.7 Å². The van der Waals surface area contributed by atoms with Crippen LogP contribution in [0.3, 0.4) is 0 Å². The third kappa shape index (κ3) is 4.88. The Bertz CT molecular complexity index is 523. The molecule has 5 nitrogen and oxygen atoms in total. The summed E-state index contributed by atoms with van der Waals surface area (Å²) in [6, 6.07) is 2.31. The number of amides is 1. The number of hydrogen-bond donors (Lipinski definition) is 2. The number of rotatable bonds is 8. The zero-order valence-corrected chi connectivity index (χ0v) is 13.7. The number of hydrogen-bond acceptors (Lipinski definition) is 2. The molecule has 1 saturated carbocycles. The number of carbonyl (C=O) groups excluding carboxylic acids is 1. The Balaban J connectivity index is 1.78. The lowest BCUT2D eigenvalue weighted by atomic mass is 10.0. The molecule has 0 aliphatic heterocycles. The molecule has 0 aromatic carbocycles. The maximum absolute atomic E-state index is 12.2. The monoisotopic (exact) mass is 356 g/mol. The van der Waals surface area contributed by atoms with Crippen LogP contribution in [0.4, 0.5) is 0 Å². The summed E-state index contributed by atoms with van der Waals surface area (Å²) in [4.78, 5) is 22.7. The second-order valence-corrected chi connectivity index (χ2v) is 6.68. The van der Waals surface area contributed by atoms with Gasteiger partial charge in [-0.25, -0.2) is 0 Å². The van der Waals surface area contributed by atoms with Crippen molar-refractivity contribution in [1.29, 1.82) is 0 Å². The van der Waals surface area contributed by atoms with E-state index >= 15 is 0 Å². The second-order valence-electron chi connectivity index (χ2n) is 5.76. The summed E-state index contributed by atoms with van der Waals surface area (Å²) in [6.07, 6.45) is 5.86. The van der Waals surface area contributed by atoms with Crippen molar-refractivity contribution in [1.82, 2.24) is 9.88 Å². The van der Waals surface area contributed by atoms with Gasteiger partial charge in [0, 0.05) is 29.7 Å². The number of aromatic nitrogens is 1. The van der Waals surface area contributed by atoms with E-state index in [1.807, 2.05) is 23.8 Å². The van der Waals surface area contributed by atoms with Gasteiger partial charge in [-0.1, -0.05) is 6.92 Å². The largest absolute Gasteiger partial charge is 0.481 e. The van der Waals surface area contributed by atoms with Gasteiger partial charge in [-0.3, -0.25) is 9.59 Å². The summed E-state index contributed by atoms with van der Waals surface area (Å²) in [5.41, 5.74) is 0.697. The van der Waals surface area contributed by atoms with Crippen molar-refractivity contribution >= 4 is 27.8 Å². The highest BCUT2D eigenvalue weighted by Crippen LogP contribution is 2.37. The molecule has 6 heteroatoms. The van der Waals surface area contributed by atoms with Gasteiger partial charge >= 0.3 is 5.97 Å². The average Bonchev–Trinajstić information content (AvgIpc) is 3.19. The van der Waals surface area contributed by atoms with E-state index in [0.29, 0.717) is 30.6 Å². The number of carboxylic acids is 1. The number of nitrogens with zero attached hydrogens (tertiary/aromatic N) is 1. The van der Waals surface area contributed by atoms with Crippen LogP contribution >= 0.6 is 15.9 Å². The summed E-state index contributed by atoms with van der Waals surface area (Å²) < 4.78 is 2.96. The minimum atomic E-state index is -0.766. The third-order valence-corrected chi connectivity index (χ3v) is 4.20. The standard InChI is InChI=1S/C15H21BrN2O3/c1-10(2-5-14(19)20)6-7-17-15(21)13-8-11(16)9-18(13)12-3-4-12/h8-10,12H,2-7H2,1H3,(H,17,21)(H,19,20). The second kappa shape index (κ2) is 7.11. The molecular weight excluding hydrogens is 336 g/mol. The van der Waals surface area contributed by atoms with Gasteiger partial charge in [0.05, 0.1) is 0 Å². The number of carboxylic acid groups (broad SMARTS) is 1. The molecule has 1 unspecified atom stereocenters. The highest BCUT2D eigenvalue weighted by atomic mass is 79.9. The lowest BCUT2D eigenvalue weighted by Gasteiger charge is -2.12. The molecule has 0 bridgehead atoms. The lowest BCUT2D eigenvalue weighted by molar-refractivity contribution is -0.137. The van der Waals surface area contributed by atoms with Crippen LogP contribution in [0.2, 0.25) is 0 Å². The molecule has 1 aliphatic carbocycles. The van der Waals surface area contributed by atoms with Gasteiger partial charge in [-0.2, -0.15) is 0 Å². The molecule has 1 aromatic heterocycles. The summed E-state index contributed by atoms with van der Waals surface area (Å²) in [7, 11) is 0. The van der Waals surface area contributed by atoms with Crippen molar-refractivity contribution in [3.8, 4) is 0 Å². The Morgan fingerprint density at radius 1 is 1.48 bits per heavy atom. The van der Waals surface area contributed by atoms with Crippen LogP contribution in [0.25, 0.3) is 0 Å². The van der Waals surface area contributed by atoms with Crippen LogP contribution in [0.5, 0.6) is 0 Å². The molecule has 1 aromatic rings. The molecule has 116 valence electrons. The maximum Gasteiger partial charge on any atom is 0.303 e. The first-order valence-electron chi connectivity index (χ1n) is 7.34. The summed E-state index contributed by atoms with van der Waals surface area (Å²) in [5, 5.41) is 11.6. The number of aliphatic carboxylic acids is 1. The van der Waals surface area contributed by atoms with Crippen molar-refractivity contribution in [2.45, 2.75) is 45.1 Å². The van der Waals surface area contributed by atoms with Crippen LogP contribution in [0.15, 0.2) is 16.7 Å². The van der Waals surface area contributed by atoms with Crippen LogP contribution in [-0.4, -0.2) is 28.1 Å². The van der Waals surface area contributed by atoms with Crippen LogP contribution in [0, 0.1) is 5.92 Å². The fraction of sp³-hybridized carbons (Fsp3) is 0.600. The Kier molecular flexibility index (Phi) is 5.45. The first kappa shape index (κ1) is 16.1. The van der Waals surface area contributed by atoms with Crippen LogP contribution < -0.4 is 5.32 Å². The molecule has 1 heterocycles. The van der Waals surface area contributed by atoms with E-state index in [4.69, 9.17) is 5.11 Å². The van der Waals surface area contributed by atoms with Crippen molar-refractivity contribution in [2.75, 3.05) is 6.54 Å². The molecule has 0 radical (unpaired) electrons. The normalized spacial score (nSPS) is 15.7. The van der Waals surface area contributed by atoms with Gasteiger partial charge < -0.3 is 15.0 Å². The first-order valence-corrected chi connectivity index (χ1v) is 8.14. The fourth-order valence-corrected chi connectivity index (χ4v) is 2.76. The Hall–Kier alpha value is -1.30. The Labute approximate surface area is 132 Å². The number of nitrogens with one attached hydrogen (secondary N) is 1. The van der Waals surface area contributed by atoms with Gasteiger partial charge in [0.25, 0.3) is 5.91 Å². The van der Waals surface area contributed by atoms with Gasteiger partial charge in [0.15, 0.2) is 0 Å². The zero-order chi connectivity index (χ0) is 15.4. The molecule has 0 saturated heterocycles. The quantitative estimate of drug-likeness (QED) is 0.751. The lowest BCUT2D eigenvalue weighted by Crippen LogP contribution is -2.27. The molecule has 2 rings (SSSR count). The smallest absolute Gasteiger partial charge is 0.303 e. The molecule has 1 aliphatic rings. The minimum absolute atomic E-state index is 0.0574. The Morgan fingerprint density at radius 3 is 2.81 bits per heavy atom. The van der Waals surface area contributed by atoms with E-state index in [2.05, 4.69) is 21.2 Å². The molecular formula is C15H21BrN2O3. The maximum atomic E-state index is 12.2. The van der Waals surface area contributed by atoms with E-state index in [1.54, 1.807) is 0 Å². The molecule has 1 atom stereocenters. The SMILES string of the molecule is CC(CCNC(=O)c1cc(Br)cn1C1CC1)CCC(=O)O. The van der Waals surface area contributed by atoms with Crippen molar-refractivity contribution in [2.24, 2.45) is 5.92 Å². The predicted octanol–water partition coefficient (Wildman–Crippen LogP) is 3.21. The molecule has 0 spiro atoms. The van der Waals surface area contributed by atoms with Crippen molar-refractivity contribution < 1.29 is 14.7 Å². The third-order valence-electron chi connectivity index (χ3n) is 3.76. The summed E-state index contributed by atoms with van der Waals surface area (Å²) >= 11 is 3.42. The highest BCUT2D eigenvalue weighted by Gasteiger charge is 2.27. The van der Waals surface area contributed by atoms with Crippen molar-refractivity contribution in [3.63, 3.8) is 0 Å². The highest BCUT2D eigenvalue weighted by molar-refractivity contribution is 9.10.